The predicted molar refractivity (Wildman–Crippen MR) is 104 cm³/mol. The van der Waals surface area contributed by atoms with Crippen molar-refractivity contribution in [1.82, 2.24) is 15.2 Å². The zero-order valence-electron chi connectivity index (χ0n) is 16.4. The Morgan fingerprint density at radius 3 is 2.81 bits per heavy atom. The topological polar surface area (TPSA) is 71.5 Å². The highest BCUT2D eigenvalue weighted by molar-refractivity contribution is 5.98. The van der Waals surface area contributed by atoms with Gasteiger partial charge in [0.25, 0.3) is 0 Å². The molecule has 1 fully saturated rings. The molecule has 1 saturated heterocycles. The highest BCUT2D eigenvalue weighted by Crippen LogP contribution is 2.26. The molecule has 3 rings (SSSR count). The van der Waals surface area contributed by atoms with Crippen LogP contribution in [0, 0.1) is 12.8 Å². The minimum Gasteiger partial charge on any atom is -0.462 e. The van der Waals surface area contributed by atoms with E-state index in [2.05, 4.69) is 10.2 Å². The molecule has 6 nitrogen and oxygen atoms in total. The van der Waals surface area contributed by atoms with Gasteiger partial charge in [-0.2, -0.15) is 0 Å². The Bertz CT molecular complexity index is 863. The van der Waals surface area contributed by atoms with Gasteiger partial charge in [-0.05, 0) is 31.4 Å². The number of benzene rings is 1. The fraction of sp³-hybridized carbons (Fsp3) is 0.476. The van der Waals surface area contributed by atoms with E-state index in [-0.39, 0.29) is 23.8 Å². The van der Waals surface area contributed by atoms with Crippen LogP contribution in [-0.4, -0.2) is 47.5 Å². The third kappa shape index (κ3) is 3.81. The number of piperazine rings is 1. The van der Waals surface area contributed by atoms with Crippen molar-refractivity contribution in [2.24, 2.45) is 5.92 Å². The van der Waals surface area contributed by atoms with E-state index in [1.807, 2.05) is 45.0 Å². The number of carbonyl (C=O) groups excluding carboxylic acids is 2. The summed E-state index contributed by atoms with van der Waals surface area (Å²) in [5.41, 5.74) is 2.91. The first-order valence-electron chi connectivity index (χ1n) is 9.51. The molecule has 1 aliphatic rings. The number of hydrogen-bond donors (Lipinski definition) is 1. The van der Waals surface area contributed by atoms with Crippen LogP contribution in [0.5, 0.6) is 0 Å². The molecule has 1 aromatic carbocycles. The minimum atomic E-state index is -0.356. The molecule has 0 aliphatic carbocycles. The Kier molecular flexibility index (Phi) is 5.75. The van der Waals surface area contributed by atoms with Crippen molar-refractivity contribution in [1.29, 1.82) is 0 Å². The molecule has 2 aromatic rings. The Hall–Kier alpha value is -2.47. The maximum Gasteiger partial charge on any atom is 0.340 e. The number of carbonyl (C=O) groups is 2. The number of aromatic nitrogens is 1. The van der Waals surface area contributed by atoms with Crippen molar-refractivity contribution < 1.29 is 14.3 Å². The fourth-order valence-electron chi connectivity index (χ4n) is 3.86. The summed E-state index contributed by atoms with van der Waals surface area (Å²) in [6.07, 6.45) is 0. The van der Waals surface area contributed by atoms with Gasteiger partial charge in [-0.15, -0.1) is 0 Å². The van der Waals surface area contributed by atoms with Gasteiger partial charge in [-0.25, -0.2) is 4.79 Å². The van der Waals surface area contributed by atoms with Crippen molar-refractivity contribution in [2.75, 3.05) is 19.7 Å². The summed E-state index contributed by atoms with van der Waals surface area (Å²) in [7, 11) is 0. The number of aryl methyl sites for hydroxylation is 1. The molecule has 1 atom stereocenters. The molecule has 144 valence electrons. The molecule has 1 N–H and O–H groups in total. The third-order valence-corrected chi connectivity index (χ3v) is 5.05. The van der Waals surface area contributed by atoms with Gasteiger partial charge in [-0.3, -0.25) is 14.7 Å². The Morgan fingerprint density at radius 1 is 1.37 bits per heavy atom. The lowest BCUT2D eigenvalue weighted by molar-refractivity contribution is -0.131. The van der Waals surface area contributed by atoms with Crippen LogP contribution in [0.1, 0.15) is 42.4 Å². The molecule has 0 bridgehead atoms. The van der Waals surface area contributed by atoms with Gasteiger partial charge in [0.2, 0.25) is 5.91 Å². The molecule has 1 aliphatic heterocycles. The first-order chi connectivity index (χ1) is 12.9. The average molecular weight is 369 g/mol. The summed E-state index contributed by atoms with van der Waals surface area (Å²) in [6, 6.07) is 7.56. The third-order valence-electron chi connectivity index (χ3n) is 5.05. The van der Waals surface area contributed by atoms with E-state index in [1.165, 1.54) is 0 Å². The molecule has 0 saturated carbocycles. The number of amides is 1. The van der Waals surface area contributed by atoms with E-state index in [9.17, 15) is 9.59 Å². The van der Waals surface area contributed by atoms with Gasteiger partial charge in [0.05, 0.1) is 29.4 Å². The summed E-state index contributed by atoms with van der Waals surface area (Å²) in [5.74, 6) is -0.157. The van der Waals surface area contributed by atoms with Gasteiger partial charge in [0, 0.05) is 25.0 Å². The Balaban J connectivity index is 2.07. The quantitative estimate of drug-likeness (QED) is 0.821. The van der Waals surface area contributed by atoms with E-state index in [0.717, 1.165) is 23.0 Å². The molecule has 6 heteroatoms. The molecule has 27 heavy (non-hydrogen) atoms. The van der Waals surface area contributed by atoms with Crippen LogP contribution < -0.4 is 5.32 Å². The van der Waals surface area contributed by atoms with Crippen LogP contribution in [0.15, 0.2) is 24.3 Å². The maximum atomic E-state index is 12.7. The molecular formula is C21H27N3O3. The van der Waals surface area contributed by atoms with Crippen LogP contribution in [0.25, 0.3) is 10.9 Å². The normalized spacial score (nSPS) is 18.0. The molecule has 0 spiro atoms. The van der Waals surface area contributed by atoms with E-state index >= 15 is 0 Å². The zero-order chi connectivity index (χ0) is 19.6. The number of fused-ring (bicyclic) bond motifs is 1. The van der Waals surface area contributed by atoms with Crippen LogP contribution in [0.3, 0.4) is 0 Å². The van der Waals surface area contributed by atoms with Crippen LogP contribution >= 0.6 is 0 Å². The standard InChI is InChI=1S/C21H27N3O3/c1-5-27-21(26)18-14(4)15-8-6-7-9-16(15)23-17(18)12-24-11-10-22-20(25)19(24)13(2)3/h6-9,13,19H,5,10-12H2,1-4H3,(H,22,25). The molecule has 0 radical (unpaired) electrons. The summed E-state index contributed by atoms with van der Waals surface area (Å²) in [6.45, 7) is 9.88. The SMILES string of the molecule is CCOC(=O)c1c(CN2CCNC(=O)C2C(C)C)nc2ccccc2c1C. The van der Waals surface area contributed by atoms with E-state index < -0.39 is 0 Å². The molecule has 1 aromatic heterocycles. The number of rotatable bonds is 5. The fourth-order valence-corrected chi connectivity index (χ4v) is 3.86. The van der Waals surface area contributed by atoms with E-state index in [4.69, 9.17) is 9.72 Å². The second-order valence-corrected chi connectivity index (χ2v) is 7.25. The first-order valence-corrected chi connectivity index (χ1v) is 9.51. The smallest absolute Gasteiger partial charge is 0.340 e. The Labute approximate surface area is 159 Å². The lowest BCUT2D eigenvalue weighted by Gasteiger charge is -2.37. The molecule has 1 unspecified atom stereocenters. The molecule has 1 amide bonds. The van der Waals surface area contributed by atoms with E-state index in [0.29, 0.717) is 31.0 Å². The summed E-state index contributed by atoms with van der Waals surface area (Å²) >= 11 is 0. The number of hydrogen-bond acceptors (Lipinski definition) is 5. The van der Waals surface area contributed by atoms with Crippen molar-refractivity contribution in [2.45, 2.75) is 40.3 Å². The average Bonchev–Trinajstić information content (AvgIpc) is 2.62. The highest BCUT2D eigenvalue weighted by Gasteiger charge is 2.33. The van der Waals surface area contributed by atoms with Crippen molar-refractivity contribution >= 4 is 22.8 Å². The van der Waals surface area contributed by atoms with Gasteiger partial charge in [-0.1, -0.05) is 32.0 Å². The maximum absolute atomic E-state index is 12.7. The van der Waals surface area contributed by atoms with Gasteiger partial charge >= 0.3 is 5.97 Å². The lowest BCUT2D eigenvalue weighted by atomic mass is 9.97. The monoisotopic (exact) mass is 369 g/mol. The number of nitrogens with zero attached hydrogens (tertiary/aromatic N) is 2. The van der Waals surface area contributed by atoms with Crippen LogP contribution in [0.2, 0.25) is 0 Å². The summed E-state index contributed by atoms with van der Waals surface area (Å²) < 4.78 is 5.31. The van der Waals surface area contributed by atoms with Crippen molar-refractivity contribution in [3.8, 4) is 0 Å². The van der Waals surface area contributed by atoms with E-state index in [1.54, 1.807) is 6.92 Å². The van der Waals surface area contributed by atoms with Crippen LogP contribution in [-0.2, 0) is 16.1 Å². The van der Waals surface area contributed by atoms with Gasteiger partial charge < -0.3 is 10.1 Å². The van der Waals surface area contributed by atoms with Crippen LogP contribution in [0.4, 0.5) is 0 Å². The van der Waals surface area contributed by atoms with Crippen molar-refractivity contribution in [3.63, 3.8) is 0 Å². The second kappa shape index (κ2) is 8.05. The number of nitrogens with one attached hydrogen (secondary N) is 1. The zero-order valence-corrected chi connectivity index (χ0v) is 16.4. The predicted octanol–water partition coefficient (Wildman–Crippen LogP) is 2.68. The van der Waals surface area contributed by atoms with Gasteiger partial charge in [0.15, 0.2) is 0 Å². The largest absolute Gasteiger partial charge is 0.462 e. The summed E-state index contributed by atoms with van der Waals surface area (Å²) in [5, 5.41) is 3.88. The number of ether oxygens (including phenoxy) is 1. The number of esters is 1. The number of pyridine rings is 1. The Morgan fingerprint density at radius 2 is 2.11 bits per heavy atom. The van der Waals surface area contributed by atoms with Crippen molar-refractivity contribution in [3.05, 3.63) is 41.1 Å². The number of para-hydroxylation sites is 1. The minimum absolute atomic E-state index is 0.0337. The lowest BCUT2D eigenvalue weighted by Crippen LogP contribution is -2.57. The second-order valence-electron chi connectivity index (χ2n) is 7.25. The molecular weight excluding hydrogens is 342 g/mol. The first kappa shape index (κ1) is 19.3. The highest BCUT2D eigenvalue weighted by atomic mass is 16.5. The summed E-state index contributed by atoms with van der Waals surface area (Å²) in [4.78, 5) is 32.0. The molecule has 2 heterocycles. The van der Waals surface area contributed by atoms with Gasteiger partial charge in [0.1, 0.15) is 0 Å².